The van der Waals surface area contributed by atoms with Crippen LogP contribution >= 0.6 is 0 Å². The lowest BCUT2D eigenvalue weighted by atomic mass is 10.1. The third kappa shape index (κ3) is 6.15. The number of carbonyl (C=O) groups excluding carboxylic acids is 1. The van der Waals surface area contributed by atoms with Crippen LogP contribution < -0.4 is 10.0 Å². The molecular weight excluding hydrogens is 367 g/mol. The van der Waals surface area contributed by atoms with Gasteiger partial charge in [-0.3, -0.25) is 4.79 Å². The Morgan fingerprint density at radius 2 is 1.67 bits per heavy atom. The van der Waals surface area contributed by atoms with Gasteiger partial charge in [-0.2, -0.15) is 4.72 Å². The van der Waals surface area contributed by atoms with Crippen molar-refractivity contribution in [1.82, 2.24) is 4.72 Å². The topological polar surface area (TPSA) is 75.3 Å². The lowest BCUT2D eigenvalue weighted by Crippen LogP contribution is -2.43. The van der Waals surface area contributed by atoms with Gasteiger partial charge in [0.2, 0.25) is 15.9 Å². The lowest BCUT2D eigenvalue weighted by Gasteiger charge is -2.17. The van der Waals surface area contributed by atoms with E-state index < -0.39 is 27.8 Å². The van der Waals surface area contributed by atoms with Crippen molar-refractivity contribution in [3.8, 4) is 0 Å². The predicted octanol–water partition coefficient (Wildman–Crippen LogP) is 3.86. The van der Waals surface area contributed by atoms with Gasteiger partial charge in [0, 0.05) is 5.69 Å². The highest BCUT2D eigenvalue weighted by Crippen LogP contribution is 2.14. The highest BCUT2D eigenvalue weighted by molar-refractivity contribution is 7.89. The molecule has 7 heteroatoms. The number of unbranched alkanes of at least 4 members (excludes halogenated alkanes) is 1. The molecule has 0 spiro atoms. The minimum Gasteiger partial charge on any atom is -0.325 e. The molecule has 1 unspecified atom stereocenters. The molecule has 2 aromatic carbocycles. The molecule has 0 bridgehead atoms. The molecule has 146 valence electrons. The molecule has 1 amide bonds. The van der Waals surface area contributed by atoms with Gasteiger partial charge in [-0.15, -0.1) is 0 Å². The van der Waals surface area contributed by atoms with Crippen molar-refractivity contribution in [1.29, 1.82) is 0 Å². The van der Waals surface area contributed by atoms with Crippen LogP contribution in [0, 0.1) is 5.82 Å². The summed E-state index contributed by atoms with van der Waals surface area (Å²) in [5.74, 6) is -0.967. The quantitative estimate of drug-likeness (QED) is 0.680. The van der Waals surface area contributed by atoms with Crippen LogP contribution in [-0.4, -0.2) is 20.4 Å². The summed E-state index contributed by atoms with van der Waals surface area (Å²) in [6.45, 7) is 3.84. The first-order valence-electron chi connectivity index (χ1n) is 9.03. The number of hydrogen-bond donors (Lipinski definition) is 2. The molecule has 0 aliphatic rings. The molecule has 0 aliphatic carbocycles. The van der Waals surface area contributed by atoms with E-state index in [2.05, 4.69) is 17.0 Å². The third-order valence-electron chi connectivity index (χ3n) is 4.19. The highest BCUT2D eigenvalue weighted by atomic mass is 32.2. The Balaban J connectivity index is 2.03. The van der Waals surface area contributed by atoms with Gasteiger partial charge >= 0.3 is 0 Å². The number of carbonyl (C=O) groups is 1. The summed E-state index contributed by atoms with van der Waals surface area (Å²) >= 11 is 0. The second-order valence-electron chi connectivity index (χ2n) is 6.33. The fourth-order valence-electron chi connectivity index (χ4n) is 2.56. The maximum Gasteiger partial charge on any atom is 0.242 e. The van der Waals surface area contributed by atoms with Crippen LogP contribution in [0.4, 0.5) is 10.1 Å². The van der Waals surface area contributed by atoms with Crippen LogP contribution in [0.1, 0.15) is 38.7 Å². The van der Waals surface area contributed by atoms with Crippen molar-refractivity contribution in [3.63, 3.8) is 0 Å². The van der Waals surface area contributed by atoms with E-state index in [1.807, 2.05) is 24.3 Å². The monoisotopic (exact) mass is 392 g/mol. The van der Waals surface area contributed by atoms with Gasteiger partial charge in [0.15, 0.2) is 0 Å². The maximum absolute atomic E-state index is 13.0. The number of amides is 1. The average molecular weight is 392 g/mol. The summed E-state index contributed by atoms with van der Waals surface area (Å²) in [5, 5.41) is 2.73. The van der Waals surface area contributed by atoms with E-state index in [9.17, 15) is 17.6 Å². The number of aryl methyl sites for hydroxylation is 1. The second kappa shape index (κ2) is 9.62. The van der Waals surface area contributed by atoms with E-state index in [1.165, 1.54) is 5.56 Å². The molecule has 0 saturated heterocycles. The smallest absolute Gasteiger partial charge is 0.242 e. The minimum atomic E-state index is -3.92. The maximum atomic E-state index is 13.0. The van der Waals surface area contributed by atoms with Crippen LogP contribution in [0.3, 0.4) is 0 Å². The summed E-state index contributed by atoms with van der Waals surface area (Å²) in [4.78, 5) is 12.4. The van der Waals surface area contributed by atoms with Crippen molar-refractivity contribution in [2.75, 3.05) is 5.32 Å². The van der Waals surface area contributed by atoms with Crippen molar-refractivity contribution in [3.05, 3.63) is 59.9 Å². The minimum absolute atomic E-state index is 0.0876. The van der Waals surface area contributed by atoms with E-state index in [0.717, 1.165) is 43.5 Å². The molecular formula is C20H25FN2O3S. The highest BCUT2D eigenvalue weighted by Gasteiger charge is 2.24. The van der Waals surface area contributed by atoms with Gasteiger partial charge in [-0.1, -0.05) is 32.4 Å². The number of anilines is 1. The third-order valence-corrected chi connectivity index (χ3v) is 5.67. The van der Waals surface area contributed by atoms with Gasteiger partial charge in [0.05, 0.1) is 4.90 Å². The van der Waals surface area contributed by atoms with Gasteiger partial charge in [0.1, 0.15) is 11.9 Å². The Bertz CT molecular complexity index is 850. The molecule has 0 aliphatic heterocycles. The molecule has 0 aromatic heterocycles. The van der Waals surface area contributed by atoms with Crippen LogP contribution in [0.5, 0.6) is 0 Å². The van der Waals surface area contributed by atoms with E-state index >= 15 is 0 Å². The molecule has 0 heterocycles. The number of sulfonamides is 1. The predicted molar refractivity (Wildman–Crippen MR) is 104 cm³/mol. The summed E-state index contributed by atoms with van der Waals surface area (Å²) < 4.78 is 40.2. The summed E-state index contributed by atoms with van der Waals surface area (Å²) in [6.07, 6.45) is 3.49. The van der Waals surface area contributed by atoms with Gasteiger partial charge in [-0.05, 0) is 61.2 Å². The van der Waals surface area contributed by atoms with E-state index in [0.29, 0.717) is 5.69 Å². The molecule has 0 fully saturated rings. The first-order chi connectivity index (χ1) is 12.9. The average Bonchev–Trinajstić information content (AvgIpc) is 2.66. The molecule has 27 heavy (non-hydrogen) atoms. The Labute approximate surface area is 160 Å². The fourth-order valence-corrected chi connectivity index (χ4v) is 3.84. The zero-order chi connectivity index (χ0) is 19.9. The largest absolute Gasteiger partial charge is 0.325 e. The number of benzene rings is 2. The van der Waals surface area contributed by atoms with Crippen molar-refractivity contribution in [2.45, 2.75) is 50.5 Å². The summed E-state index contributed by atoms with van der Waals surface area (Å²) in [6, 6.07) is 11.1. The Kier molecular flexibility index (Phi) is 7.50. The number of halogens is 1. The molecule has 2 aromatic rings. The Morgan fingerprint density at radius 3 is 2.22 bits per heavy atom. The lowest BCUT2D eigenvalue weighted by molar-refractivity contribution is -0.117. The zero-order valence-corrected chi connectivity index (χ0v) is 16.4. The first-order valence-corrected chi connectivity index (χ1v) is 10.5. The fraction of sp³-hybridized carbons (Fsp3) is 0.350. The number of nitrogens with one attached hydrogen (secondary N) is 2. The molecule has 0 radical (unpaired) electrons. The Hall–Kier alpha value is -2.25. The van der Waals surface area contributed by atoms with Crippen molar-refractivity contribution in [2.24, 2.45) is 0 Å². The second-order valence-corrected chi connectivity index (χ2v) is 8.04. The standard InChI is InChI=1S/C20H25FN2O3S/c1-3-5-6-15-7-11-17(12-8-15)22-20(24)19(4-2)23-27(25,26)18-13-9-16(21)10-14-18/h7-14,19,23H,3-6H2,1-2H3,(H,22,24). The van der Waals surface area contributed by atoms with E-state index in [4.69, 9.17) is 0 Å². The number of rotatable bonds is 9. The van der Waals surface area contributed by atoms with Crippen LogP contribution in [-0.2, 0) is 21.2 Å². The van der Waals surface area contributed by atoms with Gasteiger partial charge < -0.3 is 5.32 Å². The van der Waals surface area contributed by atoms with E-state index in [-0.39, 0.29) is 11.3 Å². The molecule has 1 atom stereocenters. The number of hydrogen-bond acceptors (Lipinski definition) is 3. The molecule has 0 saturated carbocycles. The van der Waals surface area contributed by atoms with Crippen LogP contribution in [0.2, 0.25) is 0 Å². The normalized spacial score (nSPS) is 12.6. The SMILES string of the molecule is CCCCc1ccc(NC(=O)C(CC)NS(=O)(=O)c2ccc(F)cc2)cc1. The van der Waals surface area contributed by atoms with Crippen molar-refractivity contribution >= 4 is 21.6 Å². The Morgan fingerprint density at radius 1 is 1.04 bits per heavy atom. The van der Waals surface area contributed by atoms with E-state index in [1.54, 1.807) is 6.92 Å². The summed E-state index contributed by atoms with van der Waals surface area (Å²) in [5.41, 5.74) is 1.80. The van der Waals surface area contributed by atoms with Gasteiger partial charge in [-0.25, -0.2) is 12.8 Å². The van der Waals surface area contributed by atoms with Crippen LogP contribution in [0.15, 0.2) is 53.4 Å². The first kappa shape index (κ1) is 21.1. The van der Waals surface area contributed by atoms with Crippen LogP contribution in [0.25, 0.3) is 0 Å². The summed E-state index contributed by atoms with van der Waals surface area (Å²) in [7, 11) is -3.92. The molecule has 2 rings (SSSR count). The molecule has 5 nitrogen and oxygen atoms in total. The zero-order valence-electron chi connectivity index (χ0n) is 15.5. The van der Waals surface area contributed by atoms with Crippen molar-refractivity contribution < 1.29 is 17.6 Å². The molecule has 2 N–H and O–H groups in total. The van der Waals surface area contributed by atoms with Gasteiger partial charge in [0.25, 0.3) is 0 Å².